The van der Waals surface area contributed by atoms with Crippen LogP contribution in [0.25, 0.3) is 0 Å². The number of aliphatic hydroxyl groups is 1. The zero-order valence-electron chi connectivity index (χ0n) is 55.2. The first kappa shape index (κ1) is 83.1. The predicted octanol–water partition coefficient (Wildman–Crippen LogP) is 18.1. The van der Waals surface area contributed by atoms with Crippen LogP contribution in [0.15, 0.2) is 0 Å². The van der Waals surface area contributed by atoms with E-state index in [4.69, 9.17) is 37.0 Å². The normalized spacial score (nSPS) is 14.7. The third-order valence-corrected chi connectivity index (χ3v) is 17.3. The Morgan fingerprint density at radius 3 is 0.835 bits per heavy atom. The lowest BCUT2D eigenvalue weighted by atomic mass is 9.99. The van der Waals surface area contributed by atoms with E-state index in [0.29, 0.717) is 31.6 Å². The lowest BCUT2D eigenvalue weighted by Gasteiger charge is -2.21. The Labute approximate surface area is 517 Å². The fourth-order valence-electron chi connectivity index (χ4n) is 9.75. The number of aliphatic hydroxyl groups excluding tert-OH is 1. The van der Waals surface area contributed by atoms with Gasteiger partial charge in [-0.25, -0.2) is 9.13 Å². The molecule has 0 aliphatic heterocycles. The van der Waals surface area contributed by atoms with Crippen molar-refractivity contribution in [3.05, 3.63) is 0 Å². The molecule has 0 aliphatic rings. The van der Waals surface area contributed by atoms with Crippen molar-refractivity contribution in [2.24, 2.45) is 23.7 Å². The number of carbonyl (C=O) groups is 4. The van der Waals surface area contributed by atoms with Gasteiger partial charge in [-0.2, -0.15) is 0 Å². The Balaban J connectivity index is 5.26. The molecule has 19 heteroatoms. The number of hydrogen-bond donors (Lipinski definition) is 3. The van der Waals surface area contributed by atoms with Crippen molar-refractivity contribution in [2.75, 3.05) is 39.6 Å². The van der Waals surface area contributed by atoms with E-state index in [9.17, 15) is 43.2 Å². The Kier molecular flexibility index (Phi) is 54.8. The number of unbranched alkanes of at least 4 members (excludes halogenated alkanes) is 28. The number of esters is 4. The molecule has 4 unspecified atom stereocenters. The molecule has 6 atom stereocenters. The fourth-order valence-corrected chi connectivity index (χ4v) is 11.3. The van der Waals surface area contributed by atoms with Gasteiger partial charge in [-0.15, -0.1) is 0 Å². The molecule has 0 bridgehead atoms. The Morgan fingerprint density at radius 1 is 0.329 bits per heavy atom. The van der Waals surface area contributed by atoms with Gasteiger partial charge in [0.1, 0.15) is 19.3 Å². The maximum absolute atomic E-state index is 13.0. The van der Waals surface area contributed by atoms with Crippen LogP contribution < -0.4 is 0 Å². The molecule has 0 spiro atoms. The minimum Gasteiger partial charge on any atom is -0.462 e. The summed E-state index contributed by atoms with van der Waals surface area (Å²) in [5, 5.41) is 10.6. The summed E-state index contributed by atoms with van der Waals surface area (Å²) < 4.78 is 68.1. The lowest BCUT2D eigenvalue weighted by molar-refractivity contribution is -0.161. The largest absolute Gasteiger partial charge is 0.472 e. The molecule has 0 saturated carbocycles. The second-order valence-electron chi connectivity index (χ2n) is 25.5. The van der Waals surface area contributed by atoms with Crippen molar-refractivity contribution in [2.45, 2.75) is 337 Å². The smallest absolute Gasteiger partial charge is 0.462 e. The van der Waals surface area contributed by atoms with Gasteiger partial charge in [0, 0.05) is 25.7 Å². The highest BCUT2D eigenvalue weighted by molar-refractivity contribution is 7.47. The highest BCUT2D eigenvalue weighted by Crippen LogP contribution is 2.45. The topological polar surface area (TPSA) is 237 Å². The van der Waals surface area contributed by atoms with Gasteiger partial charge in [0.2, 0.25) is 0 Å². The average molecular weight is 1260 g/mol. The average Bonchev–Trinajstić information content (AvgIpc) is 3.46. The van der Waals surface area contributed by atoms with E-state index in [1.165, 1.54) is 116 Å². The molecule has 0 rings (SSSR count). The van der Waals surface area contributed by atoms with E-state index < -0.39 is 97.5 Å². The first-order chi connectivity index (χ1) is 40.6. The van der Waals surface area contributed by atoms with Gasteiger partial charge >= 0.3 is 39.5 Å². The van der Waals surface area contributed by atoms with Crippen LogP contribution in [-0.4, -0.2) is 96.7 Å². The molecule has 85 heavy (non-hydrogen) atoms. The van der Waals surface area contributed by atoms with Crippen molar-refractivity contribution in [1.29, 1.82) is 0 Å². The van der Waals surface area contributed by atoms with Crippen LogP contribution in [0.1, 0.15) is 319 Å². The highest BCUT2D eigenvalue weighted by atomic mass is 31.2. The standard InChI is InChI=1S/C66H128O17P2/c1-9-59(8)45-37-29-20-15-17-23-33-41-49-66(71)83-61(52-76-63(68)46-38-30-21-16-14-19-27-35-43-57(4)5)54-80-84(72,73)78-50-60(67)51-79-85(74,75)81-55-62(53-77-64(69)47-39-31-25-24-28-36-44-58(6)7)82-65(70)48-40-32-22-13-11-10-12-18-26-34-42-56(2)3/h56-62,67H,9-55H2,1-8H3,(H,72,73)(H,74,75)/t59?,60?,61-,62-/m1/s1. The van der Waals surface area contributed by atoms with Crippen molar-refractivity contribution >= 4 is 39.5 Å². The van der Waals surface area contributed by atoms with E-state index >= 15 is 0 Å². The number of carbonyl (C=O) groups excluding carboxylic acids is 4. The summed E-state index contributed by atoms with van der Waals surface area (Å²) in [7, 11) is -9.89. The molecular formula is C66H128O17P2. The van der Waals surface area contributed by atoms with Gasteiger partial charge < -0.3 is 33.8 Å². The molecule has 0 saturated heterocycles. The molecule has 0 heterocycles. The van der Waals surface area contributed by atoms with E-state index in [1.807, 2.05) is 0 Å². The molecule has 0 aromatic heterocycles. The third kappa shape index (κ3) is 59.5. The van der Waals surface area contributed by atoms with Gasteiger partial charge in [0.15, 0.2) is 12.2 Å². The SMILES string of the molecule is CCC(C)CCCCCCCCCCC(=O)O[C@H](COC(=O)CCCCCCCCCCC(C)C)COP(=O)(O)OCC(O)COP(=O)(O)OC[C@@H](COC(=O)CCCCCCCCC(C)C)OC(=O)CCCCCCCCCCCCC(C)C. The quantitative estimate of drug-likeness (QED) is 0.0222. The minimum absolute atomic E-state index is 0.104. The van der Waals surface area contributed by atoms with Crippen molar-refractivity contribution in [1.82, 2.24) is 0 Å². The number of phosphoric acid groups is 2. The second-order valence-corrected chi connectivity index (χ2v) is 28.4. The summed E-state index contributed by atoms with van der Waals surface area (Å²) in [5.74, 6) is 0.789. The molecule has 504 valence electrons. The fraction of sp³-hybridized carbons (Fsp3) is 0.939. The van der Waals surface area contributed by atoms with Crippen LogP contribution in [0.2, 0.25) is 0 Å². The summed E-state index contributed by atoms with van der Waals surface area (Å²) in [4.78, 5) is 72.3. The van der Waals surface area contributed by atoms with Crippen LogP contribution in [0.4, 0.5) is 0 Å². The van der Waals surface area contributed by atoms with Crippen LogP contribution in [0, 0.1) is 23.7 Å². The van der Waals surface area contributed by atoms with Gasteiger partial charge in [0.05, 0.1) is 26.4 Å². The lowest BCUT2D eigenvalue weighted by Crippen LogP contribution is -2.30. The minimum atomic E-state index is -4.95. The molecular weight excluding hydrogens is 1130 g/mol. The Morgan fingerprint density at radius 2 is 0.565 bits per heavy atom. The predicted molar refractivity (Wildman–Crippen MR) is 340 cm³/mol. The molecule has 0 aromatic rings. The zero-order chi connectivity index (χ0) is 63.2. The number of rotatable bonds is 63. The molecule has 0 aliphatic carbocycles. The molecule has 0 aromatic carbocycles. The molecule has 0 fully saturated rings. The van der Waals surface area contributed by atoms with Gasteiger partial charge in [-0.1, -0.05) is 267 Å². The number of phosphoric ester groups is 2. The molecule has 3 N–H and O–H groups in total. The van der Waals surface area contributed by atoms with Crippen molar-refractivity contribution in [3.8, 4) is 0 Å². The number of ether oxygens (including phenoxy) is 4. The third-order valence-electron chi connectivity index (χ3n) is 15.4. The summed E-state index contributed by atoms with van der Waals surface area (Å²) in [6, 6.07) is 0. The van der Waals surface area contributed by atoms with Crippen LogP contribution >= 0.6 is 15.6 Å². The molecule has 0 amide bonds. The summed E-state index contributed by atoms with van der Waals surface area (Å²) >= 11 is 0. The van der Waals surface area contributed by atoms with Crippen LogP contribution in [0.5, 0.6) is 0 Å². The van der Waals surface area contributed by atoms with E-state index in [1.54, 1.807) is 0 Å². The second kappa shape index (κ2) is 56.1. The molecule has 0 radical (unpaired) electrons. The van der Waals surface area contributed by atoms with Crippen molar-refractivity contribution in [3.63, 3.8) is 0 Å². The summed E-state index contributed by atoms with van der Waals surface area (Å²) in [6.45, 7) is 14.0. The van der Waals surface area contributed by atoms with Gasteiger partial charge in [-0.05, 0) is 49.4 Å². The van der Waals surface area contributed by atoms with Crippen LogP contribution in [-0.2, 0) is 65.4 Å². The first-order valence-corrected chi connectivity index (χ1v) is 37.2. The Hall–Kier alpha value is -1.94. The summed E-state index contributed by atoms with van der Waals surface area (Å²) in [6.07, 6.45) is 36.3. The van der Waals surface area contributed by atoms with Gasteiger partial charge in [-0.3, -0.25) is 37.3 Å². The van der Waals surface area contributed by atoms with E-state index in [2.05, 4.69) is 55.4 Å². The van der Waals surface area contributed by atoms with E-state index in [0.717, 1.165) is 114 Å². The summed E-state index contributed by atoms with van der Waals surface area (Å²) in [5.41, 5.74) is 0. The first-order valence-electron chi connectivity index (χ1n) is 34.2. The van der Waals surface area contributed by atoms with Gasteiger partial charge in [0.25, 0.3) is 0 Å². The highest BCUT2D eigenvalue weighted by Gasteiger charge is 2.30. The maximum atomic E-state index is 13.0. The zero-order valence-corrected chi connectivity index (χ0v) is 57.0. The molecule has 17 nitrogen and oxygen atoms in total. The van der Waals surface area contributed by atoms with Crippen LogP contribution in [0.3, 0.4) is 0 Å². The van der Waals surface area contributed by atoms with Crippen molar-refractivity contribution < 1.29 is 80.2 Å². The maximum Gasteiger partial charge on any atom is 0.472 e. The van der Waals surface area contributed by atoms with E-state index in [-0.39, 0.29) is 25.7 Å². The monoisotopic (exact) mass is 1250 g/mol. The number of hydrogen-bond acceptors (Lipinski definition) is 15. The Bertz CT molecular complexity index is 1700.